The number of carboxylic acids is 1. The fourth-order valence-electron chi connectivity index (χ4n) is 2.39. The molecule has 5 heteroatoms. The van der Waals surface area contributed by atoms with Crippen LogP contribution in [0.2, 0.25) is 0 Å². The number of carbonyl (C=O) groups is 2. The van der Waals surface area contributed by atoms with Crippen molar-refractivity contribution in [2.45, 2.75) is 58.5 Å². The molecule has 0 radical (unpaired) electrons. The summed E-state index contributed by atoms with van der Waals surface area (Å²) < 4.78 is 0. The maximum Gasteiger partial charge on any atom is 0.306 e. The van der Waals surface area contributed by atoms with Gasteiger partial charge in [-0.1, -0.05) is 13.8 Å². The first-order chi connectivity index (χ1) is 8.90. The summed E-state index contributed by atoms with van der Waals surface area (Å²) in [5, 5.41) is 15.1. The molecule has 0 spiro atoms. The molecule has 1 saturated carbocycles. The van der Waals surface area contributed by atoms with Gasteiger partial charge in [0.1, 0.15) is 0 Å². The van der Waals surface area contributed by atoms with Crippen LogP contribution in [0.15, 0.2) is 0 Å². The molecule has 0 aliphatic heterocycles. The zero-order chi connectivity index (χ0) is 14.4. The Hall–Kier alpha value is -1.10. The van der Waals surface area contributed by atoms with Gasteiger partial charge >= 0.3 is 5.97 Å². The van der Waals surface area contributed by atoms with Gasteiger partial charge in [0.05, 0.1) is 12.0 Å². The van der Waals surface area contributed by atoms with Gasteiger partial charge in [-0.2, -0.15) is 0 Å². The van der Waals surface area contributed by atoms with Gasteiger partial charge in [0.2, 0.25) is 5.91 Å². The minimum atomic E-state index is -0.693. The Morgan fingerprint density at radius 3 is 2.21 bits per heavy atom. The first-order valence-electron chi connectivity index (χ1n) is 7.16. The van der Waals surface area contributed by atoms with Crippen LogP contribution in [-0.2, 0) is 9.59 Å². The number of amides is 1. The Morgan fingerprint density at radius 1 is 1.16 bits per heavy atom. The monoisotopic (exact) mass is 270 g/mol. The van der Waals surface area contributed by atoms with Gasteiger partial charge in [-0.15, -0.1) is 0 Å². The molecule has 1 fully saturated rings. The standard InChI is InChI=1S/C14H26N2O3/c1-9(2)8-15-13(17)10(3)16-12-6-4-11(5-7-12)14(18)19/h9-12,16H,4-8H2,1-3H3,(H,15,17)(H,18,19). The molecule has 1 rings (SSSR count). The van der Waals surface area contributed by atoms with Crippen molar-refractivity contribution in [1.82, 2.24) is 10.6 Å². The van der Waals surface area contributed by atoms with Crippen LogP contribution in [0.5, 0.6) is 0 Å². The van der Waals surface area contributed by atoms with Gasteiger partial charge in [0.15, 0.2) is 0 Å². The second kappa shape index (κ2) is 7.48. The molecule has 3 N–H and O–H groups in total. The predicted octanol–water partition coefficient (Wildman–Crippen LogP) is 1.38. The molecule has 1 unspecified atom stereocenters. The van der Waals surface area contributed by atoms with E-state index in [1.807, 2.05) is 6.92 Å². The van der Waals surface area contributed by atoms with Crippen LogP contribution < -0.4 is 10.6 Å². The average Bonchev–Trinajstić information content (AvgIpc) is 2.36. The molecule has 1 aliphatic carbocycles. The highest BCUT2D eigenvalue weighted by atomic mass is 16.4. The van der Waals surface area contributed by atoms with Crippen molar-refractivity contribution < 1.29 is 14.7 Å². The van der Waals surface area contributed by atoms with E-state index < -0.39 is 5.97 Å². The SMILES string of the molecule is CC(C)CNC(=O)C(C)NC1CCC(C(=O)O)CC1. The maximum absolute atomic E-state index is 11.8. The van der Waals surface area contributed by atoms with Crippen molar-refractivity contribution in [3.63, 3.8) is 0 Å². The maximum atomic E-state index is 11.8. The minimum absolute atomic E-state index is 0.0223. The molecule has 1 aliphatic rings. The Morgan fingerprint density at radius 2 is 1.74 bits per heavy atom. The number of carboxylic acid groups (broad SMARTS) is 1. The molecule has 0 saturated heterocycles. The van der Waals surface area contributed by atoms with Gasteiger partial charge in [0.25, 0.3) is 0 Å². The normalized spacial score (nSPS) is 25.1. The van der Waals surface area contributed by atoms with Gasteiger partial charge in [-0.3, -0.25) is 9.59 Å². The van der Waals surface area contributed by atoms with E-state index in [-0.39, 0.29) is 23.9 Å². The van der Waals surface area contributed by atoms with Crippen LogP contribution in [0.3, 0.4) is 0 Å². The van der Waals surface area contributed by atoms with Crippen molar-refractivity contribution >= 4 is 11.9 Å². The highest BCUT2D eigenvalue weighted by molar-refractivity contribution is 5.81. The van der Waals surface area contributed by atoms with E-state index in [0.717, 1.165) is 12.8 Å². The third-order valence-corrected chi connectivity index (χ3v) is 3.64. The first-order valence-corrected chi connectivity index (χ1v) is 7.16. The average molecular weight is 270 g/mol. The Kier molecular flexibility index (Phi) is 6.28. The molecule has 0 bridgehead atoms. The summed E-state index contributed by atoms with van der Waals surface area (Å²) >= 11 is 0. The third-order valence-electron chi connectivity index (χ3n) is 3.64. The van der Waals surface area contributed by atoms with Crippen molar-refractivity contribution in [3.05, 3.63) is 0 Å². The fourth-order valence-corrected chi connectivity index (χ4v) is 2.39. The molecule has 0 heterocycles. The largest absolute Gasteiger partial charge is 0.481 e. The molecular weight excluding hydrogens is 244 g/mol. The summed E-state index contributed by atoms with van der Waals surface area (Å²) in [4.78, 5) is 22.7. The van der Waals surface area contributed by atoms with Crippen LogP contribution in [0, 0.1) is 11.8 Å². The number of hydrogen-bond acceptors (Lipinski definition) is 3. The van der Waals surface area contributed by atoms with E-state index in [4.69, 9.17) is 5.11 Å². The summed E-state index contributed by atoms with van der Waals surface area (Å²) in [7, 11) is 0. The Balaban J connectivity index is 2.28. The van der Waals surface area contributed by atoms with Crippen molar-refractivity contribution in [2.24, 2.45) is 11.8 Å². The van der Waals surface area contributed by atoms with Gasteiger partial charge < -0.3 is 15.7 Å². The van der Waals surface area contributed by atoms with Crippen LogP contribution >= 0.6 is 0 Å². The molecule has 1 atom stereocenters. The number of rotatable bonds is 6. The van der Waals surface area contributed by atoms with Crippen LogP contribution in [0.4, 0.5) is 0 Å². The van der Waals surface area contributed by atoms with E-state index in [1.54, 1.807) is 0 Å². The second-order valence-corrected chi connectivity index (χ2v) is 5.91. The smallest absolute Gasteiger partial charge is 0.306 e. The Labute approximate surface area is 115 Å². The minimum Gasteiger partial charge on any atom is -0.481 e. The Bertz CT molecular complexity index is 310. The van der Waals surface area contributed by atoms with E-state index in [0.29, 0.717) is 25.3 Å². The summed E-state index contributed by atoms with van der Waals surface area (Å²) in [5.41, 5.74) is 0. The fraction of sp³-hybridized carbons (Fsp3) is 0.857. The molecule has 5 nitrogen and oxygen atoms in total. The van der Waals surface area contributed by atoms with Gasteiger partial charge in [-0.05, 0) is 38.5 Å². The lowest BCUT2D eigenvalue weighted by Crippen LogP contribution is -2.48. The molecule has 0 aromatic heterocycles. The van der Waals surface area contributed by atoms with E-state index in [1.165, 1.54) is 0 Å². The van der Waals surface area contributed by atoms with Crippen LogP contribution in [0.25, 0.3) is 0 Å². The summed E-state index contributed by atoms with van der Waals surface area (Å²) in [5.74, 6) is -0.430. The molecule has 19 heavy (non-hydrogen) atoms. The van der Waals surface area contributed by atoms with Crippen molar-refractivity contribution in [1.29, 1.82) is 0 Å². The van der Waals surface area contributed by atoms with Crippen LogP contribution in [-0.4, -0.2) is 35.6 Å². The number of aliphatic carboxylic acids is 1. The molecular formula is C14H26N2O3. The lowest BCUT2D eigenvalue weighted by atomic mass is 9.86. The highest BCUT2D eigenvalue weighted by Crippen LogP contribution is 2.24. The molecule has 110 valence electrons. The zero-order valence-corrected chi connectivity index (χ0v) is 12.1. The number of carbonyl (C=O) groups excluding carboxylic acids is 1. The topological polar surface area (TPSA) is 78.4 Å². The second-order valence-electron chi connectivity index (χ2n) is 5.91. The van der Waals surface area contributed by atoms with E-state index in [9.17, 15) is 9.59 Å². The van der Waals surface area contributed by atoms with Gasteiger partial charge in [-0.25, -0.2) is 0 Å². The lowest BCUT2D eigenvalue weighted by molar-refractivity contribution is -0.143. The molecule has 0 aromatic rings. The lowest BCUT2D eigenvalue weighted by Gasteiger charge is -2.29. The number of hydrogen-bond donors (Lipinski definition) is 3. The van der Waals surface area contributed by atoms with Crippen molar-refractivity contribution in [2.75, 3.05) is 6.54 Å². The zero-order valence-electron chi connectivity index (χ0n) is 12.1. The first kappa shape index (κ1) is 16.0. The quantitative estimate of drug-likeness (QED) is 0.681. The van der Waals surface area contributed by atoms with Crippen molar-refractivity contribution in [3.8, 4) is 0 Å². The van der Waals surface area contributed by atoms with E-state index >= 15 is 0 Å². The summed E-state index contributed by atoms with van der Waals surface area (Å²) in [6, 6.07) is 0.0422. The third kappa shape index (κ3) is 5.59. The van der Waals surface area contributed by atoms with Gasteiger partial charge in [0, 0.05) is 12.6 Å². The summed E-state index contributed by atoms with van der Waals surface area (Å²) in [6.07, 6.45) is 3.07. The molecule has 1 amide bonds. The molecule has 0 aromatic carbocycles. The van der Waals surface area contributed by atoms with E-state index in [2.05, 4.69) is 24.5 Å². The number of nitrogens with one attached hydrogen (secondary N) is 2. The summed E-state index contributed by atoms with van der Waals surface area (Å²) in [6.45, 7) is 6.67. The predicted molar refractivity (Wildman–Crippen MR) is 73.8 cm³/mol. The highest BCUT2D eigenvalue weighted by Gasteiger charge is 2.27. The van der Waals surface area contributed by atoms with Crippen LogP contribution in [0.1, 0.15) is 46.5 Å².